The second-order valence-corrected chi connectivity index (χ2v) is 8.80. The van der Waals surface area contributed by atoms with E-state index in [-0.39, 0.29) is 32.4 Å². The maximum Gasteiger partial charge on any atom is 0.417 e. The van der Waals surface area contributed by atoms with Crippen LogP contribution in [0.25, 0.3) is 0 Å². The predicted octanol–water partition coefficient (Wildman–Crippen LogP) is 2.41. The zero-order chi connectivity index (χ0) is 20.9. The summed E-state index contributed by atoms with van der Waals surface area (Å²) in [6.07, 6.45) is -1.73. The number of halogens is 3. The van der Waals surface area contributed by atoms with E-state index in [0.717, 1.165) is 12.3 Å². The number of ether oxygens (including phenoxy) is 2. The van der Waals surface area contributed by atoms with E-state index in [1.807, 2.05) is 0 Å². The fourth-order valence-electron chi connectivity index (χ4n) is 3.08. The second kappa shape index (κ2) is 9.08. The smallest absolute Gasteiger partial charge is 0.417 e. The van der Waals surface area contributed by atoms with Gasteiger partial charge in [-0.3, -0.25) is 4.98 Å². The van der Waals surface area contributed by atoms with Gasteiger partial charge in [0.2, 0.25) is 0 Å². The lowest BCUT2D eigenvalue weighted by molar-refractivity contribution is -0.146. The van der Waals surface area contributed by atoms with Gasteiger partial charge in [-0.25, -0.2) is 13.2 Å². The molecule has 0 radical (unpaired) electrons. The number of hydrogen-bond acceptors (Lipinski definition) is 7. The van der Waals surface area contributed by atoms with Crippen molar-refractivity contribution >= 4 is 21.5 Å². The van der Waals surface area contributed by atoms with Gasteiger partial charge in [0, 0.05) is 19.3 Å². The highest BCUT2D eigenvalue weighted by atomic mass is 32.2. The molecule has 1 aromatic heterocycles. The lowest BCUT2D eigenvalue weighted by atomic mass is 10.1. The Kier molecular flexibility index (Phi) is 7.27. The zero-order valence-electron chi connectivity index (χ0n) is 15.6. The summed E-state index contributed by atoms with van der Waals surface area (Å²) in [4.78, 5) is 16.5. The number of pyridine rings is 1. The maximum atomic E-state index is 12.9. The van der Waals surface area contributed by atoms with Crippen LogP contribution >= 0.6 is 0 Å². The molecule has 7 nitrogen and oxygen atoms in total. The number of esters is 1. The number of carbonyl (C=O) groups is 1. The number of aromatic nitrogens is 1. The van der Waals surface area contributed by atoms with E-state index < -0.39 is 44.8 Å². The highest BCUT2D eigenvalue weighted by Crippen LogP contribution is 2.32. The van der Waals surface area contributed by atoms with Crippen LogP contribution in [0.3, 0.4) is 0 Å². The summed E-state index contributed by atoms with van der Waals surface area (Å²) in [5.41, 5.74) is -1.67. The molecule has 1 saturated heterocycles. The van der Waals surface area contributed by atoms with Crippen molar-refractivity contribution in [3.8, 4) is 0 Å². The Bertz CT molecular complexity index is 777. The van der Waals surface area contributed by atoms with Gasteiger partial charge in [-0.2, -0.15) is 13.2 Å². The number of alkyl halides is 3. The van der Waals surface area contributed by atoms with Crippen molar-refractivity contribution in [1.82, 2.24) is 4.98 Å². The minimum absolute atomic E-state index is 0.178. The highest BCUT2D eigenvalue weighted by molar-refractivity contribution is 7.92. The molecule has 1 fully saturated rings. The number of piperidine rings is 1. The molecular formula is C17H23F3N2O5S. The normalized spacial score (nSPS) is 17.4. The summed E-state index contributed by atoms with van der Waals surface area (Å²) in [7, 11) is -2.49. The van der Waals surface area contributed by atoms with Gasteiger partial charge in [0.1, 0.15) is 6.61 Å². The van der Waals surface area contributed by atoms with E-state index in [0.29, 0.717) is 5.69 Å². The number of carbonyl (C=O) groups excluding carboxylic acids is 1. The molecule has 0 saturated carbocycles. The van der Waals surface area contributed by atoms with Gasteiger partial charge in [-0.15, -0.1) is 0 Å². The van der Waals surface area contributed by atoms with Crippen LogP contribution in [0.4, 0.5) is 18.9 Å². The molecular weight excluding hydrogens is 401 g/mol. The molecule has 1 atom stereocenters. The molecule has 1 aliphatic rings. The van der Waals surface area contributed by atoms with Crippen molar-refractivity contribution in [1.29, 1.82) is 0 Å². The Labute approximate surface area is 161 Å². The minimum Gasteiger partial charge on any atom is -0.467 e. The van der Waals surface area contributed by atoms with Gasteiger partial charge in [0.25, 0.3) is 0 Å². The third kappa shape index (κ3) is 5.34. The summed E-state index contributed by atoms with van der Waals surface area (Å²) in [6.45, 7) is 1.74. The van der Waals surface area contributed by atoms with Crippen molar-refractivity contribution in [2.75, 3.05) is 31.7 Å². The average Bonchev–Trinajstić information content (AvgIpc) is 2.67. The molecule has 0 amide bonds. The van der Waals surface area contributed by atoms with E-state index in [4.69, 9.17) is 4.74 Å². The largest absolute Gasteiger partial charge is 0.467 e. The third-order valence-electron chi connectivity index (χ3n) is 4.64. The second-order valence-electron chi connectivity index (χ2n) is 6.43. The molecule has 0 aliphatic carbocycles. The summed E-state index contributed by atoms with van der Waals surface area (Å²) in [5, 5.41) is -0.690. The van der Waals surface area contributed by atoms with Crippen molar-refractivity contribution in [2.24, 2.45) is 0 Å². The van der Waals surface area contributed by atoms with Crippen LogP contribution in [0.2, 0.25) is 0 Å². The molecule has 1 unspecified atom stereocenters. The predicted molar refractivity (Wildman–Crippen MR) is 95.4 cm³/mol. The van der Waals surface area contributed by atoms with E-state index >= 15 is 0 Å². The molecule has 1 aliphatic heterocycles. The van der Waals surface area contributed by atoms with E-state index in [2.05, 4.69) is 9.72 Å². The number of hydrogen-bond donors (Lipinski definition) is 0. The quantitative estimate of drug-likeness (QED) is 0.622. The molecule has 0 N–H and O–H groups in total. The molecule has 0 aromatic carbocycles. The number of anilines is 1. The SMILES string of the molecule is CCC(OCC(=O)OC)S(=O)(=O)C1CCN(c2cncc(C(F)(F)F)c2)CC1. The van der Waals surface area contributed by atoms with Crippen LogP contribution in [0.15, 0.2) is 18.5 Å². The van der Waals surface area contributed by atoms with Gasteiger partial charge in [-0.1, -0.05) is 6.92 Å². The Balaban J connectivity index is 2.03. The Morgan fingerprint density at radius 3 is 2.50 bits per heavy atom. The fraction of sp³-hybridized carbons (Fsp3) is 0.647. The average molecular weight is 424 g/mol. The maximum absolute atomic E-state index is 12.9. The van der Waals surface area contributed by atoms with Crippen LogP contribution in [0.5, 0.6) is 0 Å². The molecule has 0 spiro atoms. The Morgan fingerprint density at radius 2 is 1.96 bits per heavy atom. The van der Waals surface area contributed by atoms with Crippen LogP contribution in [-0.4, -0.2) is 56.9 Å². The first-order valence-electron chi connectivity index (χ1n) is 8.78. The van der Waals surface area contributed by atoms with Gasteiger partial charge < -0.3 is 14.4 Å². The minimum atomic E-state index is -4.49. The Morgan fingerprint density at radius 1 is 1.32 bits per heavy atom. The van der Waals surface area contributed by atoms with Gasteiger partial charge in [0.05, 0.1) is 29.8 Å². The first kappa shape index (κ1) is 22.4. The van der Waals surface area contributed by atoms with Crippen LogP contribution in [0, 0.1) is 0 Å². The topological polar surface area (TPSA) is 85.8 Å². The molecule has 28 heavy (non-hydrogen) atoms. The van der Waals surface area contributed by atoms with Crippen LogP contribution in [0.1, 0.15) is 31.7 Å². The van der Waals surface area contributed by atoms with Gasteiger partial charge >= 0.3 is 12.1 Å². The zero-order valence-corrected chi connectivity index (χ0v) is 16.4. The van der Waals surface area contributed by atoms with E-state index in [1.165, 1.54) is 13.3 Å². The number of rotatable bonds is 7. The molecule has 2 heterocycles. The van der Waals surface area contributed by atoms with Gasteiger partial charge in [-0.05, 0) is 25.3 Å². The third-order valence-corrected chi connectivity index (χ3v) is 7.24. The summed E-state index contributed by atoms with van der Waals surface area (Å²) >= 11 is 0. The van der Waals surface area contributed by atoms with Gasteiger partial charge in [0.15, 0.2) is 15.3 Å². The van der Waals surface area contributed by atoms with Crippen molar-refractivity contribution in [2.45, 2.75) is 43.0 Å². The Hall–Kier alpha value is -1.88. The molecule has 2 rings (SSSR count). The number of methoxy groups -OCH3 is 1. The molecule has 11 heteroatoms. The fourth-order valence-corrected chi connectivity index (χ4v) is 5.10. The number of sulfone groups is 1. The van der Waals surface area contributed by atoms with Crippen LogP contribution < -0.4 is 4.90 Å². The summed E-state index contributed by atoms with van der Waals surface area (Å²) in [6, 6.07) is 1.01. The lowest BCUT2D eigenvalue weighted by Crippen LogP contribution is -2.43. The van der Waals surface area contributed by atoms with Crippen molar-refractivity contribution in [3.63, 3.8) is 0 Å². The highest BCUT2D eigenvalue weighted by Gasteiger charge is 2.37. The first-order valence-corrected chi connectivity index (χ1v) is 10.4. The first-order chi connectivity index (χ1) is 13.1. The summed E-state index contributed by atoms with van der Waals surface area (Å²) < 4.78 is 73.8. The molecule has 0 bridgehead atoms. The molecule has 1 aromatic rings. The summed E-state index contributed by atoms with van der Waals surface area (Å²) in [5.74, 6) is -0.666. The standard InChI is InChI=1S/C17H23F3N2O5S/c1-3-16(27-11-15(23)26-2)28(24,25)14-4-6-22(7-5-14)13-8-12(9-21-10-13)17(18,19)20/h8-10,14,16H,3-7,11H2,1-2H3. The van der Waals surface area contributed by atoms with Crippen molar-refractivity contribution < 1.29 is 35.9 Å². The van der Waals surface area contributed by atoms with E-state index in [1.54, 1.807) is 11.8 Å². The lowest BCUT2D eigenvalue weighted by Gasteiger charge is -2.34. The van der Waals surface area contributed by atoms with E-state index in [9.17, 15) is 26.4 Å². The van der Waals surface area contributed by atoms with Crippen LogP contribution in [-0.2, 0) is 30.3 Å². The molecule has 158 valence electrons. The monoisotopic (exact) mass is 424 g/mol. The number of nitrogens with zero attached hydrogens (tertiary/aromatic N) is 2. The van der Waals surface area contributed by atoms with Crippen molar-refractivity contribution in [3.05, 3.63) is 24.0 Å².